The smallest absolute Gasteiger partial charge is 0.290 e. The fourth-order valence-electron chi connectivity index (χ4n) is 3.86. The maximum absolute atomic E-state index is 13.4. The number of amides is 1. The molecule has 4 rings (SSSR count). The standard InChI is InChI=1S/C19H21FN4O3S.CH2O2/c20-13-3-1-4-14(11-13)28(26,27)24-9-7-19(8-10-24)12-16(19)23-18(25)15-5-2-6-17(21)22-15;2-1-3/h1-6,11,16H,7-10,12H2,(H2,21,22)(H,23,25);1H,(H,2,3). The van der Waals surface area contributed by atoms with Gasteiger partial charge in [0.15, 0.2) is 0 Å². The summed E-state index contributed by atoms with van der Waals surface area (Å²) < 4.78 is 40.2. The minimum absolute atomic E-state index is 0.00209. The van der Waals surface area contributed by atoms with Crippen molar-refractivity contribution in [1.29, 1.82) is 0 Å². The Kier molecular flexibility index (Phi) is 6.56. The molecule has 1 aliphatic carbocycles. The van der Waals surface area contributed by atoms with Crippen LogP contribution in [0, 0.1) is 11.2 Å². The highest BCUT2D eigenvalue weighted by molar-refractivity contribution is 7.89. The van der Waals surface area contributed by atoms with Gasteiger partial charge in [-0.15, -0.1) is 0 Å². The minimum atomic E-state index is -3.71. The van der Waals surface area contributed by atoms with Gasteiger partial charge in [-0.3, -0.25) is 9.59 Å². The SMILES string of the molecule is Nc1cccc(C(=O)NC2CC23CCN(S(=O)(=O)c2cccc(F)c2)CC3)n1.O=CO. The number of carboxylic acid groups (broad SMARTS) is 1. The number of nitrogens with zero attached hydrogens (tertiary/aromatic N) is 2. The number of nitrogen functional groups attached to an aromatic ring is 1. The number of piperidine rings is 1. The van der Waals surface area contributed by atoms with Crippen LogP contribution in [0.4, 0.5) is 10.2 Å². The van der Waals surface area contributed by atoms with Crippen LogP contribution in [0.15, 0.2) is 47.4 Å². The molecule has 2 aliphatic rings. The van der Waals surface area contributed by atoms with E-state index in [0.29, 0.717) is 25.9 Å². The van der Waals surface area contributed by atoms with E-state index in [2.05, 4.69) is 10.3 Å². The molecule has 1 atom stereocenters. The summed E-state index contributed by atoms with van der Waals surface area (Å²) in [5, 5.41) is 9.86. The highest BCUT2D eigenvalue weighted by atomic mass is 32.2. The van der Waals surface area contributed by atoms with Gasteiger partial charge in [-0.25, -0.2) is 17.8 Å². The largest absolute Gasteiger partial charge is 0.483 e. The molecule has 2 heterocycles. The molecule has 2 fully saturated rings. The minimum Gasteiger partial charge on any atom is -0.483 e. The second-order valence-electron chi connectivity index (χ2n) is 7.51. The number of anilines is 1. The van der Waals surface area contributed by atoms with Gasteiger partial charge >= 0.3 is 0 Å². The van der Waals surface area contributed by atoms with Crippen molar-refractivity contribution in [2.75, 3.05) is 18.8 Å². The molecule has 1 saturated heterocycles. The predicted molar refractivity (Wildman–Crippen MR) is 110 cm³/mol. The number of pyridine rings is 1. The average molecular weight is 450 g/mol. The van der Waals surface area contributed by atoms with Crippen LogP contribution in [-0.4, -0.2) is 54.3 Å². The van der Waals surface area contributed by atoms with E-state index in [1.54, 1.807) is 18.2 Å². The molecular weight excluding hydrogens is 427 g/mol. The van der Waals surface area contributed by atoms with E-state index >= 15 is 0 Å². The molecule has 1 unspecified atom stereocenters. The molecule has 11 heteroatoms. The number of hydrogen-bond acceptors (Lipinski definition) is 6. The van der Waals surface area contributed by atoms with Crippen LogP contribution in [0.2, 0.25) is 0 Å². The Balaban J connectivity index is 0.000000858. The summed E-state index contributed by atoms with van der Waals surface area (Å²) in [4.78, 5) is 24.7. The van der Waals surface area contributed by atoms with E-state index in [4.69, 9.17) is 15.6 Å². The summed E-state index contributed by atoms with van der Waals surface area (Å²) in [6.07, 6.45) is 2.11. The Morgan fingerprint density at radius 3 is 2.52 bits per heavy atom. The molecule has 9 nitrogen and oxygen atoms in total. The van der Waals surface area contributed by atoms with Crippen molar-refractivity contribution in [3.8, 4) is 0 Å². The van der Waals surface area contributed by atoms with Gasteiger partial charge in [-0.05, 0) is 55.0 Å². The number of benzene rings is 1. The van der Waals surface area contributed by atoms with Crippen molar-refractivity contribution >= 4 is 28.2 Å². The van der Waals surface area contributed by atoms with E-state index in [1.165, 1.54) is 22.5 Å². The molecule has 4 N–H and O–H groups in total. The molecule has 0 bridgehead atoms. The van der Waals surface area contributed by atoms with Crippen molar-refractivity contribution in [2.45, 2.75) is 30.2 Å². The summed E-state index contributed by atoms with van der Waals surface area (Å²) in [6.45, 7) is 0.448. The van der Waals surface area contributed by atoms with Gasteiger partial charge in [0.1, 0.15) is 17.3 Å². The summed E-state index contributed by atoms with van der Waals surface area (Å²) in [5.74, 6) is -0.562. The molecule has 31 heavy (non-hydrogen) atoms. The third-order valence-corrected chi connectivity index (χ3v) is 7.55. The summed E-state index contributed by atoms with van der Waals surface area (Å²) >= 11 is 0. The lowest BCUT2D eigenvalue weighted by atomic mass is 9.94. The average Bonchev–Trinajstić information content (AvgIpc) is 3.39. The Morgan fingerprint density at radius 2 is 1.90 bits per heavy atom. The lowest BCUT2D eigenvalue weighted by Gasteiger charge is -2.32. The second-order valence-corrected chi connectivity index (χ2v) is 9.45. The van der Waals surface area contributed by atoms with E-state index < -0.39 is 15.8 Å². The van der Waals surface area contributed by atoms with Gasteiger partial charge in [-0.1, -0.05) is 12.1 Å². The topological polar surface area (TPSA) is 143 Å². The number of carbonyl (C=O) groups is 2. The maximum Gasteiger partial charge on any atom is 0.290 e. The van der Waals surface area contributed by atoms with Crippen LogP contribution in [0.1, 0.15) is 29.8 Å². The Labute approximate surface area is 179 Å². The molecule has 1 spiro atoms. The molecular formula is C20H23FN4O5S. The predicted octanol–water partition coefficient (Wildman–Crippen LogP) is 1.48. The quantitative estimate of drug-likeness (QED) is 0.599. The second kappa shape index (κ2) is 8.98. The number of halogens is 1. The maximum atomic E-state index is 13.4. The van der Waals surface area contributed by atoms with Gasteiger partial charge in [-0.2, -0.15) is 4.31 Å². The first-order chi connectivity index (χ1) is 14.7. The van der Waals surface area contributed by atoms with Crippen LogP contribution >= 0.6 is 0 Å². The number of carbonyl (C=O) groups excluding carboxylic acids is 1. The van der Waals surface area contributed by atoms with Crippen LogP contribution in [-0.2, 0) is 14.8 Å². The van der Waals surface area contributed by atoms with E-state index in [-0.39, 0.29) is 40.2 Å². The zero-order valence-corrected chi connectivity index (χ0v) is 17.4. The summed E-state index contributed by atoms with van der Waals surface area (Å²) in [7, 11) is -3.71. The van der Waals surface area contributed by atoms with Gasteiger partial charge in [0, 0.05) is 19.1 Å². The molecule has 1 amide bonds. The first kappa shape index (κ1) is 22.6. The lowest BCUT2D eigenvalue weighted by molar-refractivity contribution is -0.122. The number of nitrogens with two attached hydrogens (primary N) is 1. The van der Waals surface area contributed by atoms with E-state index in [9.17, 15) is 17.6 Å². The highest BCUT2D eigenvalue weighted by Crippen LogP contribution is 2.54. The van der Waals surface area contributed by atoms with Crippen molar-refractivity contribution < 1.29 is 27.5 Å². The summed E-state index contributed by atoms with van der Waals surface area (Å²) in [6, 6.07) is 9.96. The highest BCUT2D eigenvalue weighted by Gasteiger charge is 2.56. The first-order valence-electron chi connectivity index (χ1n) is 9.59. The number of sulfonamides is 1. The van der Waals surface area contributed by atoms with E-state index in [0.717, 1.165) is 12.5 Å². The zero-order valence-electron chi connectivity index (χ0n) is 16.6. The number of rotatable bonds is 4. The summed E-state index contributed by atoms with van der Waals surface area (Å²) in [5.41, 5.74) is 5.81. The Hall–Kier alpha value is -3.05. The van der Waals surface area contributed by atoms with Crippen molar-refractivity contribution in [2.24, 2.45) is 5.41 Å². The lowest BCUT2D eigenvalue weighted by Crippen LogP contribution is -2.41. The molecule has 1 aliphatic heterocycles. The van der Waals surface area contributed by atoms with Crippen molar-refractivity contribution in [1.82, 2.24) is 14.6 Å². The third kappa shape index (κ3) is 5.00. The van der Waals surface area contributed by atoms with Gasteiger partial charge in [0.05, 0.1) is 4.90 Å². The monoisotopic (exact) mass is 450 g/mol. The van der Waals surface area contributed by atoms with Crippen LogP contribution in [0.3, 0.4) is 0 Å². The zero-order chi connectivity index (χ0) is 22.6. The number of nitrogens with one attached hydrogen (secondary N) is 1. The fourth-order valence-corrected chi connectivity index (χ4v) is 5.34. The molecule has 166 valence electrons. The van der Waals surface area contributed by atoms with Crippen molar-refractivity contribution in [3.05, 3.63) is 54.0 Å². The third-order valence-electron chi connectivity index (χ3n) is 5.65. The van der Waals surface area contributed by atoms with Gasteiger partial charge in [0.25, 0.3) is 12.4 Å². The number of hydrogen-bond donors (Lipinski definition) is 3. The molecule has 2 aromatic rings. The van der Waals surface area contributed by atoms with Crippen LogP contribution in [0.5, 0.6) is 0 Å². The molecule has 1 aromatic heterocycles. The van der Waals surface area contributed by atoms with Gasteiger partial charge in [0.2, 0.25) is 10.0 Å². The molecule has 0 radical (unpaired) electrons. The fraction of sp³-hybridized carbons (Fsp3) is 0.350. The van der Waals surface area contributed by atoms with Crippen LogP contribution < -0.4 is 11.1 Å². The molecule has 1 saturated carbocycles. The van der Waals surface area contributed by atoms with E-state index in [1.807, 2.05) is 0 Å². The normalized spacial score (nSPS) is 19.7. The van der Waals surface area contributed by atoms with Crippen molar-refractivity contribution in [3.63, 3.8) is 0 Å². The van der Waals surface area contributed by atoms with Crippen LogP contribution in [0.25, 0.3) is 0 Å². The Bertz CT molecular complexity index is 1070. The van der Waals surface area contributed by atoms with Gasteiger partial charge < -0.3 is 16.2 Å². The Morgan fingerprint density at radius 1 is 1.26 bits per heavy atom. The number of aromatic nitrogens is 1. The first-order valence-corrected chi connectivity index (χ1v) is 11.0. The molecule has 1 aromatic carbocycles.